The number of aromatic nitrogens is 3. The van der Waals surface area contributed by atoms with Gasteiger partial charge in [-0.05, 0) is 56.2 Å². The molecule has 0 fully saturated rings. The molecule has 5 nitrogen and oxygen atoms in total. The Balaban J connectivity index is 1.56. The molecule has 29 heavy (non-hydrogen) atoms. The summed E-state index contributed by atoms with van der Waals surface area (Å²) in [6.45, 7) is 5.77. The molecule has 0 saturated carbocycles. The Kier molecular flexibility index (Phi) is 5.24. The highest BCUT2D eigenvalue weighted by Gasteiger charge is 2.21. The van der Waals surface area contributed by atoms with Crippen molar-refractivity contribution in [1.82, 2.24) is 19.9 Å². The number of hydrogen-bond donors (Lipinski definition) is 1. The molecule has 1 N–H and O–H groups in total. The molecule has 0 aliphatic heterocycles. The first-order chi connectivity index (χ1) is 13.9. The molecule has 7 heteroatoms. The minimum absolute atomic E-state index is 0.111. The average Bonchev–Trinajstić information content (AvgIpc) is 3.11. The SMILES string of the molecule is Cc1cc2nnc(S[C@H](C)C(=O)N[C@H](C)c3ccc(F)cc3)n2c2ccccc12. The van der Waals surface area contributed by atoms with E-state index in [1.807, 2.05) is 42.5 Å². The maximum atomic E-state index is 13.1. The number of carbonyl (C=O) groups excluding carboxylic acids is 1. The van der Waals surface area contributed by atoms with Crippen molar-refractivity contribution in [3.63, 3.8) is 0 Å². The highest BCUT2D eigenvalue weighted by Crippen LogP contribution is 2.28. The number of benzene rings is 2. The highest BCUT2D eigenvalue weighted by atomic mass is 32.2. The molecular weight excluding hydrogens is 387 g/mol. The van der Waals surface area contributed by atoms with E-state index in [-0.39, 0.29) is 23.0 Å². The molecule has 0 spiro atoms. The van der Waals surface area contributed by atoms with Crippen LogP contribution < -0.4 is 5.32 Å². The fourth-order valence-electron chi connectivity index (χ4n) is 3.33. The number of para-hydroxylation sites is 1. The van der Waals surface area contributed by atoms with Gasteiger partial charge in [0.2, 0.25) is 5.91 Å². The molecule has 1 amide bonds. The lowest BCUT2D eigenvalue weighted by atomic mass is 10.1. The highest BCUT2D eigenvalue weighted by molar-refractivity contribution is 8.00. The zero-order valence-corrected chi connectivity index (χ0v) is 17.2. The van der Waals surface area contributed by atoms with Gasteiger partial charge in [0.15, 0.2) is 10.8 Å². The van der Waals surface area contributed by atoms with Gasteiger partial charge in [-0.1, -0.05) is 42.1 Å². The van der Waals surface area contributed by atoms with Gasteiger partial charge in [0.05, 0.1) is 16.8 Å². The van der Waals surface area contributed by atoms with E-state index in [1.165, 1.54) is 23.9 Å². The maximum Gasteiger partial charge on any atom is 0.233 e. The first-order valence-corrected chi connectivity index (χ1v) is 10.3. The molecule has 0 unspecified atom stereocenters. The van der Waals surface area contributed by atoms with Crippen molar-refractivity contribution < 1.29 is 9.18 Å². The van der Waals surface area contributed by atoms with E-state index in [2.05, 4.69) is 28.5 Å². The van der Waals surface area contributed by atoms with Crippen molar-refractivity contribution in [3.05, 3.63) is 71.5 Å². The summed E-state index contributed by atoms with van der Waals surface area (Å²) >= 11 is 1.37. The van der Waals surface area contributed by atoms with Crippen molar-refractivity contribution >= 4 is 34.2 Å². The number of nitrogens with zero attached hydrogens (tertiary/aromatic N) is 3. The third-order valence-corrected chi connectivity index (χ3v) is 6.00. The van der Waals surface area contributed by atoms with Crippen LogP contribution in [-0.2, 0) is 4.79 Å². The van der Waals surface area contributed by atoms with Crippen LogP contribution in [0.2, 0.25) is 0 Å². The lowest BCUT2D eigenvalue weighted by Crippen LogP contribution is -2.33. The number of thioether (sulfide) groups is 1. The van der Waals surface area contributed by atoms with Crippen molar-refractivity contribution in [2.75, 3.05) is 0 Å². The van der Waals surface area contributed by atoms with Crippen molar-refractivity contribution in [3.8, 4) is 0 Å². The lowest BCUT2D eigenvalue weighted by Gasteiger charge is -2.17. The second kappa shape index (κ2) is 7.83. The van der Waals surface area contributed by atoms with E-state index in [4.69, 9.17) is 0 Å². The Morgan fingerprint density at radius 3 is 2.59 bits per heavy atom. The normalized spacial score (nSPS) is 13.5. The van der Waals surface area contributed by atoms with E-state index < -0.39 is 0 Å². The Hall–Kier alpha value is -2.93. The molecule has 148 valence electrons. The first-order valence-electron chi connectivity index (χ1n) is 9.40. The van der Waals surface area contributed by atoms with Crippen molar-refractivity contribution in [1.29, 1.82) is 0 Å². The number of rotatable bonds is 5. The van der Waals surface area contributed by atoms with Crippen LogP contribution in [0.3, 0.4) is 0 Å². The molecule has 4 rings (SSSR count). The Bertz CT molecular complexity index is 1190. The van der Waals surface area contributed by atoms with Crippen LogP contribution in [-0.4, -0.2) is 25.8 Å². The number of pyridine rings is 1. The lowest BCUT2D eigenvalue weighted by molar-refractivity contribution is -0.120. The van der Waals surface area contributed by atoms with E-state index in [1.54, 1.807) is 12.1 Å². The summed E-state index contributed by atoms with van der Waals surface area (Å²) in [4.78, 5) is 12.7. The Morgan fingerprint density at radius 2 is 1.83 bits per heavy atom. The number of fused-ring (bicyclic) bond motifs is 3. The molecular formula is C22H21FN4OS. The fourth-order valence-corrected chi connectivity index (χ4v) is 4.20. The average molecular weight is 409 g/mol. The minimum Gasteiger partial charge on any atom is -0.349 e. The van der Waals surface area contributed by atoms with Crippen LogP contribution in [0.15, 0.2) is 59.8 Å². The summed E-state index contributed by atoms with van der Waals surface area (Å²) in [6, 6.07) is 16.0. The summed E-state index contributed by atoms with van der Waals surface area (Å²) in [7, 11) is 0. The van der Waals surface area contributed by atoms with Crippen LogP contribution in [0.25, 0.3) is 16.6 Å². The first kappa shape index (κ1) is 19.4. The summed E-state index contributed by atoms with van der Waals surface area (Å²) in [5.74, 6) is -0.405. The standard InChI is InChI=1S/C22H21FN4OS/c1-13-12-20-25-26-22(27(20)19-7-5-4-6-18(13)19)29-15(3)21(28)24-14(2)16-8-10-17(23)11-9-16/h4-12,14-15H,1-3H3,(H,24,28)/t14-,15-/m1/s1. The molecule has 2 aromatic carbocycles. The van der Waals surface area contributed by atoms with Crippen molar-refractivity contribution in [2.45, 2.75) is 37.2 Å². The fraction of sp³-hybridized carbons (Fsp3) is 0.227. The van der Waals surface area contributed by atoms with Gasteiger partial charge in [-0.3, -0.25) is 9.20 Å². The zero-order chi connectivity index (χ0) is 20.5. The summed E-state index contributed by atoms with van der Waals surface area (Å²) < 4.78 is 15.1. The number of carbonyl (C=O) groups is 1. The van der Waals surface area contributed by atoms with Gasteiger partial charge < -0.3 is 5.32 Å². The molecule has 4 aromatic rings. The monoisotopic (exact) mass is 408 g/mol. The number of aryl methyl sites for hydroxylation is 1. The molecule has 0 radical (unpaired) electrons. The third-order valence-electron chi connectivity index (χ3n) is 4.95. The van der Waals surface area contributed by atoms with Gasteiger partial charge in [-0.25, -0.2) is 4.39 Å². The van der Waals surface area contributed by atoms with Crippen LogP contribution in [0.1, 0.15) is 31.0 Å². The number of hydrogen-bond acceptors (Lipinski definition) is 4. The Morgan fingerprint density at radius 1 is 1.10 bits per heavy atom. The van der Waals surface area contributed by atoms with Crippen LogP contribution >= 0.6 is 11.8 Å². The predicted octanol–water partition coefficient (Wildman–Crippen LogP) is 4.69. The van der Waals surface area contributed by atoms with Gasteiger partial charge in [0, 0.05) is 5.39 Å². The van der Waals surface area contributed by atoms with Crippen LogP contribution in [0.4, 0.5) is 4.39 Å². The summed E-state index contributed by atoms with van der Waals surface area (Å²) in [6.07, 6.45) is 0. The van der Waals surface area contributed by atoms with E-state index in [9.17, 15) is 9.18 Å². The topological polar surface area (TPSA) is 59.3 Å². The maximum absolute atomic E-state index is 13.1. The third kappa shape index (κ3) is 3.82. The predicted molar refractivity (Wildman–Crippen MR) is 114 cm³/mol. The van der Waals surface area contributed by atoms with Gasteiger partial charge >= 0.3 is 0 Å². The van der Waals surface area contributed by atoms with Crippen LogP contribution in [0, 0.1) is 12.7 Å². The minimum atomic E-state index is -0.370. The quantitative estimate of drug-likeness (QED) is 0.487. The van der Waals surface area contributed by atoms with Gasteiger partial charge in [0.25, 0.3) is 0 Å². The smallest absolute Gasteiger partial charge is 0.233 e. The van der Waals surface area contributed by atoms with E-state index >= 15 is 0 Å². The zero-order valence-electron chi connectivity index (χ0n) is 16.4. The summed E-state index contributed by atoms with van der Waals surface area (Å²) in [5, 5.41) is 13.0. The van der Waals surface area contributed by atoms with E-state index in [0.29, 0.717) is 5.16 Å². The van der Waals surface area contributed by atoms with Gasteiger partial charge in [-0.2, -0.15) is 0 Å². The second-order valence-corrected chi connectivity index (χ2v) is 8.37. The number of amides is 1. The van der Waals surface area contributed by atoms with Gasteiger partial charge in [0.1, 0.15) is 5.82 Å². The largest absolute Gasteiger partial charge is 0.349 e. The molecule has 0 saturated heterocycles. The van der Waals surface area contributed by atoms with Crippen LogP contribution in [0.5, 0.6) is 0 Å². The Labute approximate surface area is 172 Å². The molecule has 0 aliphatic carbocycles. The number of halogens is 1. The van der Waals surface area contributed by atoms with Gasteiger partial charge in [-0.15, -0.1) is 10.2 Å². The van der Waals surface area contributed by atoms with E-state index in [0.717, 1.165) is 27.7 Å². The molecule has 0 aliphatic rings. The molecule has 2 heterocycles. The number of nitrogens with one attached hydrogen (secondary N) is 1. The second-order valence-electron chi connectivity index (χ2n) is 7.06. The van der Waals surface area contributed by atoms with Crippen molar-refractivity contribution in [2.24, 2.45) is 0 Å². The molecule has 2 atom stereocenters. The summed E-state index contributed by atoms with van der Waals surface area (Å²) in [5.41, 5.74) is 3.76. The molecule has 2 aromatic heterocycles. The molecule has 0 bridgehead atoms.